The van der Waals surface area contributed by atoms with E-state index < -0.39 is 0 Å². The maximum atomic E-state index is 12.8. The summed E-state index contributed by atoms with van der Waals surface area (Å²) < 4.78 is 23.8. The molecule has 0 aliphatic carbocycles. The maximum Gasteiger partial charge on any atom is 0.125 e. The molecule has 0 radical (unpaired) electrons. The SMILES string of the molecule is COc1ccc(C#CCN)cc1COc1ccc(F)cc1. The van der Waals surface area contributed by atoms with Crippen LogP contribution in [0.25, 0.3) is 0 Å². The highest BCUT2D eigenvalue weighted by atomic mass is 19.1. The molecular weight excluding hydrogens is 269 g/mol. The number of halogens is 1. The summed E-state index contributed by atoms with van der Waals surface area (Å²) in [5, 5.41) is 0. The van der Waals surface area contributed by atoms with E-state index in [4.69, 9.17) is 15.2 Å². The molecule has 0 spiro atoms. The van der Waals surface area contributed by atoms with Crippen LogP contribution in [0.5, 0.6) is 11.5 Å². The highest BCUT2D eigenvalue weighted by Crippen LogP contribution is 2.22. The lowest BCUT2D eigenvalue weighted by atomic mass is 10.1. The molecular formula is C17H16FNO2. The number of nitrogens with two attached hydrogens (primary N) is 1. The molecule has 0 saturated heterocycles. The Hall–Kier alpha value is -2.51. The van der Waals surface area contributed by atoms with Gasteiger partial charge in [0.15, 0.2) is 0 Å². The molecule has 2 N–H and O–H groups in total. The molecule has 0 atom stereocenters. The first-order valence-electron chi connectivity index (χ1n) is 6.47. The average Bonchev–Trinajstić information content (AvgIpc) is 2.52. The third kappa shape index (κ3) is 4.23. The molecule has 3 nitrogen and oxygen atoms in total. The Morgan fingerprint density at radius 3 is 2.57 bits per heavy atom. The normalized spacial score (nSPS) is 9.67. The van der Waals surface area contributed by atoms with Gasteiger partial charge in [-0.1, -0.05) is 11.8 Å². The van der Waals surface area contributed by atoms with Crippen molar-refractivity contribution in [1.29, 1.82) is 0 Å². The summed E-state index contributed by atoms with van der Waals surface area (Å²) in [6.07, 6.45) is 0. The fourth-order valence-electron chi connectivity index (χ4n) is 1.81. The second-order valence-corrected chi connectivity index (χ2v) is 4.28. The first-order chi connectivity index (χ1) is 10.2. The minimum absolute atomic E-state index is 0.293. The molecule has 0 aliphatic heterocycles. The smallest absolute Gasteiger partial charge is 0.125 e. The van der Waals surface area contributed by atoms with E-state index in [1.165, 1.54) is 12.1 Å². The Labute approximate surface area is 123 Å². The van der Waals surface area contributed by atoms with Gasteiger partial charge in [0.1, 0.15) is 23.9 Å². The minimum Gasteiger partial charge on any atom is -0.496 e. The fraction of sp³-hybridized carbons (Fsp3) is 0.176. The number of ether oxygens (including phenoxy) is 2. The zero-order chi connectivity index (χ0) is 15.1. The number of methoxy groups -OCH3 is 1. The zero-order valence-electron chi connectivity index (χ0n) is 11.7. The van der Waals surface area contributed by atoms with Gasteiger partial charge in [0.25, 0.3) is 0 Å². The summed E-state index contributed by atoms with van der Waals surface area (Å²) in [7, 11) is 1.60. The summed E-state index contributed by atoms with van der Waals surface area (Å²) in [6.45, 7) is 0.625. The number of rotatable bonds is 4. The van der Waals surface area contributed by atoms with Crippen molar-refractivity contribution in [2.45, 2.75) is 6.61 Å². The van der Waals surface area contributed by atoms with Crippen LogP contribution in [0.1, 0.15) is 11.1 Å². The van der Waals surface area contributed by atoms with E-state index in [-0.39, 0.29) is 5.82 Å². The second-order valence-electron chi connectivity index (χ2n) is 4.28. The third-order valence-electron chi connectivity index (χ3n) is 2.82. The summed E-state index contributed by atoms with van der Waals surface area (Å²) >= 11 is 0. The van der Waals surface area contributed by atoms with Crippen LogP contribution in [0.15, 0.2) is 42.5 Å². The van der Waals surface area contributed by atoms with Crippen molar-refractivity contribution in [1.82, 2.24) is 0 Å². The van der Waals surface area contributed by atoms with Gasteiger partial charge in [-0.25, -0.2) is 4.39 Å². The van der Waals surface area contributed by atoms with E-state index in [1.54, 1.807) is 19.2 Å². The fourth-order valence-corrected chi connectivity index (χ4v) is 1.81. The van der Waals surface area contributed by atoms with Crippen LogP contribution >= 0.6 is 0 Å². The van der Waals surface area contributed by atoms with Gasteiger partial charge in [0, 0.05) is 11.1 Å². The predicted molar refractivity (Wildman–Crippen MR) is 79.7 cm³/mol. The second kappa shape index (κ2) is 7.32. The van der Waals surface area contributed by atoms with Crippen molar-refractivity contribution in [3.8, 4) is 23.3 Å². The summed E-state index contributed by atoms with van der Waals surface area (Å²) in [6, 6.07) is 11.5. The van der Waals surface area contributed by atoms with E-state index >= 15 is 0 Å². The van der Waals surface area contributed by atoms with Gasteiger partial charge < -0.3 is 15.2 Å². The molecule has 4 heteroatoms. The Morgan fingerprint density at radius 2 is 1.90 bits per heavy atom. The lowest BCUT2D eigenvalue weighted by molar-refractivity contribution is 0.296. The zero-order valence-corrected chi connectivity index (χ0v) is 11.7. The Morgan fingerprint density at radius 1 is 1.14 bits per heavy atom. The van der Waals surface area contributed by atoms with Gasteiger partial charge in [-0.05, 0) is 42.5 Å². The minimum atomic E-state index is -0.293. The van der Waals surface area contributed by atoms with Crippen molar-refractivity contribution >= 4 is 0 Å². The van der Waals surface area contributed by atoms with Crippen LogP contribution in [0.4, 0.5) is 4.39 Å². The molecule has 2 rings (SSSR count). The molecule has 0 aliphatic rings. The number of benzene rings is 2. The van der Waals surface area contributed by atoms with Gasteiger partial charge in [0.2, 0.25) is 0 Å². The van der Waals surface area contributed by atoms with E-state index in [0.29, 0.717) is 18.9 Å². The predicted octanol–water partition coefficient (Wildman–Crippen LogP) is 2.72. The quantitative estimate of drug-likeness (QED) is 0.878. The molecule has 0 unspecified atom stereocenters. The highest BCUT2D eigenvalue weighted by molar-refractivity contribution is 5.44. The van der Waals surface area contributed by atoms with Crippen LogP contribution in [-0.2, 0) is 6.61 Å². The van der Waals surface area contributed by atoms with Crippen LogP contribution in [0, 0.1) is 17.7 Å². The van der Waals surface area contributed by atoms with Gasteiger partial charge in [0.05, 0.1) is 13.7 Å². The standard InChI is InChI=1S/C17H16FNO2/c1-20-17-9-4-13(3-2-10-19)11-14(17)12-21-16-7-5-15(18)6-8-16/h4-9,11H,10,12,19H2,1H3. The first kappa shape index (κ1) is 14.9. The Kier molecular flexibility index (Phi) is 5.19. The summed E-state index contributed by atoms with van der Waals surface area (Å²) in [5.41, 5.74) is 7.08. The summed E-state index contributed by atoms with van der Waals surface area (Å²) in [5.74, 6) is 6.79. The van der Waals surface area contributed by atoms with Crippen molar-refractivity contribution in [2.75, 3.05) is 13.7 Å². The topological polar surface area (TPSA) is 44.5 Å². The van der Waals surface area contributed by atoms with Crippen molar-refractivity contribution < 1.29 is 13.9 Å². The van der Waals surface area contributed by atoms with Crippen LogP contribution in [-0.4, -0.2) is 13.7 Å². The van der Waals surface area contributed by atoms with Crippen molar-refractivity contribution in [3.63, 3.8) is 0 Å². The molecule has 0 amide bonds. The summed E-state index contributed by atoms with van der Waals surface area (Å²) in [4.78, 5) is 0. The largest absolute Gasteiger partial charge is 0.496 e. The van der Waals surface area contributed by atoms with E-state index in [2.05, 4.69) is 11.8 Å². The number of hydrogen-bond acceptors (Lipinski definition) is 3. The van der Waals surface area contributed by atoms with Gasteiger partial charge in [-0.2, -0.15) is 0 Å². The molecule has 21 heavy (non-hydrogen) atoms. The lowest BCUT2D eigenvalue weighted by Gasteiger charge is -2.11. The van der Waals surface area contributed by atoms with Crippen LogP contribution in [0.3, 0.4) is 0 Å². The van der Waals surface area contributed by atoms with Gasteiger partial charge >= 0.3 is 0 Å². The Bertz CT molecular complexity index is 657. The van der Waals surface area contributed by atoms with Crippen molar-refractivity contribution in [3.05, 3.63) is 59.4 Å². The molecule has 2 aromatic rings. The molecule has 0 aromatic heterocycles. The van der Waals surface area contributed by atoms with E-state index in [9.17, 15) is 4.39 Å². The molecule has 0 saturated carbocycles. The molecule has 0 fully saturated rings. The van der Waals surface area contributed by atoms with E-state index in [1.807, 2.05) is 18.2 Å². The Balaban J connectivity index is 2.15. The average molecular weight is 285 g/mol. The van der Waals surface area contributed by atoms with Gasteiger partial charge in [-0.3, -0.25) is 0 Å². The van der Waals surface area contributed by atoms with E-state index in [0.717, 1.165) is 16.9 Å². The molecule has 2 aromatic carbocycles. The lowest BCUT2D eigenvalue weighted by Crippen LogP contribution is -2.00. The molecule has 0 bridgehead atoms. The van der Waals surface area contributed by atoms with Crippen molar-refractivity contribution in [2.24, 2.45) is 5.73 Å². The number of hydrogen-bond donors (Lipinski definition) is 1. The first-order valence-corrected chi connectivity index (χ1v) is 6.47. The monoisotopic (exact) mass is 285 g/mol. The highest BCUT2D eigenvalue weighted by Gasteiger charge is 2.05. The van der Waals surface area contributed by atoms with Crippen LogP contribution < -0.4 is 15.2 Å². The van der Waals surface area contributed by atoms with Gasteiger partial charge in [-0.15, -0.1) is 0 Å². The molecule has 108 valence electrons. The van der Waals surface area contributed by atoms with Crippen LogP contribution in [0.2, 0.25) is 0 Å². The maximum absolute atomic E-state index is 12.8. The third-order valence-corrected chi connectivity index (χ3v) is 2.82. The molecule has 0 heterocycles.